The Morgan fingerprint density at radius 2 is 1.93 bits per heavy atom. The van der Waals surface area contributed by atoms with E-state index < -0.39 is 17.7 Å². The first-order chi connectivity index (χ1) is 13.9. The van der Waals surface area contributed by atoms with Crippen molar-refractivity contribution in [2.24, 2.45) is 0 Å². The molecule has 0 radical (unpaired) electrons. The van der Waals surface area contributed by atoms with Crippen molar-refractivity contribution < 1.29 is 18.7 Å². The Morgan fingerprint density at radius 3 is 2.66 bits per heavy atom. The number of hydrogen-bond donors (Lipinski definition) is 0. The molecule has 1 heterocycles. The fourth-order valence-corrected chi connectivity index (χ4v) is 4.12. The number of anilines is 1. The number of aromatic nitrogens is 1. The van der Waals surface area contributed by atoms with Crippen LogP contribution in [0, 0.1) is 5.82 Å². The van der Waals surface area contributed by atoms with Gasteiger partial charge in [-0.3, -0.25) is 9.59 Å². The summed E-state index contributed by atoms with van der Waals surface area (Å²) in [5.41, 5.74) is 0.649. The fraction of sp³-hybridized carbons (Fsp3) is 0.250. The zero-order valence-corrected chi connectivity index (χ0v) is 17.8. The molecule has 3 aromatic rings. The fourth-order valence-electron chi connectivity index (χ4n) is 2.74. The molecule has 0 N–H and O–H groups in total. The van der Waals surface area contributed by atoms with Gasteiger partial charge in [0.05, 0.1) is 40.0 Å². The van der Waals surface area contributed by atoms with Crippen LogP contribution in [0.25, 0.3) is 10.2 Å². The third-order valence-corrected chi connectivity index (χ3v) is 5.88. The van der Waals surface area contributed by atoms with Crippen molar-refractivity contribution in [1.29, 1.82) is 0 Å². The normalized spacial score (nSPS) is 10.9. The van der Waals surface area contributed by atoms with Crippen molar-refractivity contribution in [3.05, 3.63) is 57.3 Å². The molecule has 9 heteroatoms. The van der Waals surface area contributed by atoms with Crippen molar-refractivity contribution in [2.75, 3.05) is 11.5 Å². The highest BCUT2D eigenvalue weighted by atomic mass is 35.5. The van der Waals surface area contributed by atoms with Gasteiger partial charge in [-0.1, -0.05) is 35.3 Å². The molecule has 0 saturated carbocycles. The molecular formula is C20H17Cl2FN2O3S. The maximum atomic E-state index is 14.4. The summed E-state index contributed by atoms with van der Waals surface area (Å²) >= 11 is 13.6. The summed E-state index contributed by atoms with van der Waals surface area (Å²) < 4.78 is 20.1. The summed E-state index contributed by atoms with van der Waals surface area (Å²) in [6.45, 7) is 1.96. The maximum Gasteiger partial charge on any atom is 0.306 e. The molecule has 29 heavy (non-hydrogen) atoms. The number of hydrogen-bond acceptors (Lipinski definition) is 5. The van der Waals surface area contributed by atoms with E-state index in [4.69, 9.17) is 27.9 Å². The number of halogens is 3. The topological polar surface area (TPSA) is 59.5 Å². The Bertz CT molecular complexity index is 1060. The smallest absolute Gasteiger partial charge is 0.306 e. The lowest BCUT2D eigenvalue weighted by Gasteiger charge is -2.22. The van der Waals surface area contributed by atoms with Gasteiger partial charge in [-0.15, -0.1) is 11.3 Å². The van der Waals surface area contributed by atoms with E-state index in [0.29, 0.717) is 20.6 Å². The van der Waals surface area contributed by atoms with Crippen molar-refractivity contribution in [3.8, 4) is 0 Å². The Morgan fingerprint density at radius 1 is 1.17 bits per heavy atom. The molecule has 1 amide bonds. The number of carbonyl (C=O) groups is 2. The van der Waals surface area contributed by atoms with E-state index in [1.54, 1.807) is 31.2 Å². The summed E-state index contributed by atoms with van der Waals surface area (Å²) in [5.74, 6) is -1.43. The first-order valence-electron chi connectivity index (χ1n) is 8.84. The van der Waals surface area contributed by atoms with E-state index in [2.05, 4.69) is 4.98 Å². The second kappa shape index (κ2) is 9.52. The van der Waals surface area contributed by atoms with Gasteiger partial charge >= 0.3 is 5.97 Å². The lowest BCUT2D eigenvalue weighted by molar-refractivity contribution is -0.144. The van der Waals surface area contributed by atoms with Crippen LogP contribution in [-0.2, 0) is 20.9 Å². The van der Waals surface area contributed by atoms with Crippen LogP contribution >= 0.6 is 34.5 Å². The van der Waals surface area contributed by atoms with Crippen LogP contribution in [0.15, 0.2) is 36.4 Å². The zero-order valence-electron chi connectivity index (χ0n) is 15.5. The number of benzene rings is 2. The molecule has 0 saturated heterocycles. The number of amides is 1. The van der Waals surface area contributed by atoms with Crippen molar-refractivity contribution in [1.82, 2.24) is 4.98 Å². The van der Waals surface area contributed by atoms with E-state index in [-0.39, 0.29) is 31.7 Å². The van der Waals surface area contributed by atoms with Crippen molar-refractivity contribution in [3.63, 3.8) is 0 Å². The highest BCUT2D eigenvalue weighted by molar-refractivity contribution is 7.18. The van der Waals surface area contributed by atoms with Crippen molar-refractivity contribution >= 4 is 62.3 Å². The Labute approximate surface area is 181 Å². The number of para-hydroxylation sites is 1. The summed E-state index contributed by atoms with van der Waals surface area (Å²) in [5, 5.41) is 1.28. The van der Waals surface area contributed by atoms with Crippen LogP contribution in [0.4, 0.5) is 10.1 Å². The Hall–Kier alpha value is -2.22. The van der Waals surface area contributed by atoms with E-state index in [0.717, 1.165) is 4.70 Å². The van der Waals surface area contributed by atoms with Crippen molar-refractivity contribution in [2.45, 2.75) is 26.3 Å². The number of esters is 1. The summed E-state index contributed by atoms with van der Waals surface area (Å²) in [4.78, 5) is 30.2. The molecule has 0 aliphatic rings. The second-order valence-corrected chi connectivity index (χ2v) is 7.95. The molecule has 152 valence electrons. The summed E-state index contributed by atoms with van der Waals surface area (Å²) in [6.07, 6.45) is -0.191. The van der Waals surface area contributed by atoms with Gasteiger partial charge in [0.15, 0.2) is 0 Å². The largest absolute Gasteiger partial charge is 0.466 e. The van der Waals surface area contributed by atoms with Gasteiger partial charge in [0.25, 0.3) is 0 Å². The van der Waals surface area contributed by atoms with Gasteiger partial charge in [0.2, 0.25) is 5.91 Å². The number of thiazole rings is 1. The SMILES string of the molecule is CCOC(=O)CCC(=O)N(Cc1nc2c(Cl)c(Cl)ccc2s1)c1ccccc1F. The maximum absolute atomic E-state index is 14.4. The predicted octanol–water partition coefficient (Wildman–Crippen LogP) is 5.62. The quantitative estimate of drug-likeness (QED) is 0.434. The molecule has 0 atom stereocenters. The first-order valence-corrected chi connectivity index (χ1v) is 10.4. The van der Waals surface area contributed by atoms with E-state index >= 15 is 0 Å². The minimum Gasteiger partial charge on any atom is -0.466 e. The van der Waals surface area contributed by atoms with Gasteiger partial charge in [0.1, 0.15) is 16.3 Å². The molecule has 0 bridgehead atoms. The average molecular weight is 455 g/mol. The average Bonchev–Trinajstić information content (AvgIpc) is 3.12. The minimum absolute atomic E-state index is 0.0376. The van der Waals surface area contributed by atoms with Gasteiger partial charge < -0.3 is 9.64 Å². The second-order valence-electron chi connectivity index (χ2n) is 6.05. The minimum atomic E-state index is -0.542. The monoisotopic (exact) mass is 454 g/mol. The molecule has 0 aliphatic heterocycles. The third kappa shape index (κ3) is 5.04. The molecule has 0 spiro atoms. The predicted molar refractivity (Wildman–Crippen MR) is 113 cm³/mol. The van der Waals surface area contributed by atoms with E-state index in [9.17, 15) is 14.0 Å². The van der Waals surface area contributed by atoms with Crippen LogP contribution in [0.2, 0.25) is 10.0 Å². The lowest BCUT2D eigenvalue weighted by Crippen LogP contribution is -2.31. The number of fused-ring (bicyclic) bond motifs is 1. The summed E-state index contributed by atoms with van der Waals surface area (Å²) in [7, 11) is 0. The lowest BCUT2D eigenvalue weighted by atomic mass is 10.2. The van der Waals surface area contributed by atoms with E-state index in [1.165, 1.54) is 28.4 Å². The number of nitrogens with zero attached hydrogens (tertiary/aromatic N) is 2. The van der Waals surface area contributed by atoms with Crippen LogP contribution in [0.3, 0.4) is 0 Å². The van der Waals surface area contributed by atoms with Gasteiger partial charge in [-0.25, -0.2) is 9.37 Å². The van der Waals surface area contributed by atoms with Gasteiger partial charge in [-0.2, -0.15) is 0 Å². The number of carbonyl (C=O) groups excluding carboxylic acids is 2. The van der Waals surface area contributed by atoms with Crippen LogP contribution in [0.5, 0.6) is 0 Å². The van der Waals surface area contributed by atoms with Gasteiger partial charge in [0, 0.05) is 6.42 Å². The first kappa shape index (κ1) is 21.5. The Kier molecular flexibility index (Phi) is 7.05. The Balaban J connectivity index is 1.89. The molecule has 0 unspecified atom stereocenters. The molecule has 3 rings (SSSR count). The number of rotatable bonds is 7. The molecule has 2 aromatic carbocycles. The van der Waals surface area contributed by atoms with Crippen LogP contribution in [0.1, 0.15) is 24.8 Å². The van der Waals surface area contributed by atoms with Gasteiger partial charge in [-0.05, 0) is 31.2 Å². The summed E-state index contributed by atoms with van der Waals surface area (Å²) in [6, 6.07) is 9.43. The number of ether oxygens (including phenoxy) is 1. The highest BCUT2D eigenvalue weighted by Gasteiger charge is 2.22. The van der Waals surface area contributed by atoms with E-state index in [1.807, 2.05) is 0 Å². The highest BCUT2D eigenvalue weighted by Crippen LogP contribution is 2.34. The molecule has 0 fully saturated rings. The molecule has 0 aliphatic carbocycles. The molecule has 1 aromatic heterocycles. The zero-order chi connectivity index (χ0) is 21.0. The van der Waals surface area contributed by atoms with Crippen LogP contribution < -0.4 is 4.90 Å². The standard InChI is InChI=1S/C20H17Cl2FN2O3S/c1-2-28-18(27)10-9-17(26)25(14-6-4-3-5-13(14)23)11-16-24-20-15(29-16)8-7-12(21)19(20)22/h3-8H,2,9-11H2,1H3. The molecular weight excluding hydrogens is 438 g/mol. The third-order valence-electron chi connectivity index (χ3n) is 4.08. The molecule has 5 nitrogen and oxygen atoms in total. The van der Waals surface area contributed by atoms with Crippen LogP contribution in [-0.4, -0.2) is 23.5 Å².